The van der Waals surface area contributed by atoms with Gasteiger partial charge in [-0.2, -0.15) is 0 Å². The van der Waals surface area contributed by atoms with Crippen molar-refractivity contribution in [2.75, 3.05) is 20.3 Å². The molecule has 1 aromatic heterocycles. The number of ether oxygens (including phenoxy) is 1. The van der Waals surface area contributed by atoms with Crippen LogP contribution in [0.1, 0.15) is 25.3 Å². The first-order valence-corrected chi connectivity index (χ1v) is 6.94. The van der Waals surface area contributed by atoms with E-state index in [4.69, 9.17) is 4.74 Å². The van der Waals surface area contributed by atoms with Crippen molar-refractivity contribution in [2.45, 2.75) is 31.9 Å². The van der Waals surface area contributed by atoms with Crippen LogP contribution in [0.25, 0.3) is 0 Å². The molecule has 0 saturated carbocycles. The number of hydrogen-bond acceptors (Lipinski definition) is 4. The Kier molecular flexibility index (Phi) is 4.73. The number of carbonyl (C=O) groups excluding carboxylic acids is 1. The van der Waals surface area contributed by atoms with Gasteiger partial charge in [-0.25, -0.2) is 0 Å². The van der Waals surface area contributed by atoms with Gasteiger partial charge in [-0.1, -0.05) is 19.9 Å². The number of pyridine rings is 1. The largest absolute Gasteiger partial charge is 0.388 e. The molecule has 1 N–H and O–H groups in total. The fourth-order valence-corrected chi connectivity index (χ4v) is 2.66. The zero-order valence-corrected chi connectivity index (χ0v) is 12.2. The first-order valence-electron chi connectivity index (χ1n) is 6.94. The summed E-state index contributed by atoms with van der Waals surface area (Å²) < 4.78 is 5.23. The summed E-state index contributed by atoms with van der Waals surface area (Å²) in [5.74, 6) is -0.0855. The van der Waals surface area contributed by atoms with Crippen molar-refractivity contribution in [2.24, 2.45) is 5.92 Å². The van der Waals surface area contributed by atoms with E-state index in [0.29, 0.717) is 13.2 Å². The third-order valence-corrected chi connectivity index (χ3v) is 3.84. The Morgan fingerprint density at radius 1 is 1.50 bits per heavy atom. The molecule has 1 aliphatic heterocycles. The lowest BCUT2D eigenvalue weighted by Crippen LogP contribution is -2.46. The first kappa shape index (κ1) is 14.9. The van der Waals surface area contributed by atoms with Crippen LogP contribution >= 0.6 is 0 Å². The van der Waals surface area contributed by atoms with Crippen LogP contribution in [-0.2, 0) is 9.53 Å². The van der Waals surface area contributed by atoms with Crippen molar-refractivity contribution in [3.63, 3.8) is 0 Å². The first-order chi connectivity index (χ1) is 9.52. The average molecular weight is 278 g/mol. The Morgan fingerprint density at radius 3 is 2.75 bits per heavy atom. The van der Waals surface area contributed by atoms with Crippen molar-refractivity contribution >= 4 is 5.91 Å². The zero-order chi connectivity index (χ0) is 14.7. The number of aromatic nitrogens is 1. The van der Waals surface area contributed by atoms with Crippen molar-refractivity contribution in [1.82, 2.24) is 9.88 Å². The molecule has 5 nitrogen and oxygen atoms in total. The minimum Gasteiger partial charge on any atom is -0.388 e. The van der Waals surface area contributed by atoms with Gasteiger partial charge in [-0.3, -0.25) is 9.78 Å². The summed E-state index contributed by atoms with van der Waals surface area (Å²) >= 11 is 0. The number of aliphatic hydroxyl groups excluding tert-OH is 1. The van der Waals surface area contributed by atoms with E-state index < -0.39 is 6.10 Å². The van der Waals surface area contributed by atoms with Gasteiger partial charge in [0.15, 0.2) is 0 Å². The summed E-state index contributed by atoms with van der Waals surface area (Å²) in [5, 5.41) is 9.87. The number of aliphatic hydroxyl groups is 1. The van der Waals surface area contributed by atoms with Gasteiger partial charge in [0.05, 0.1) is 31.3 Å². The molecule has 0 aromatic carbocycles. The highest BCUT2D eigenvalue weighted by atomic mass is 16.5. The van der Waals surface area contributed by atoms with Crippen LogP contribution in [0, 0.1) is 5.92 Å². The molecular formula is C15H22N2O3. The fourth-order valence-electron chi connectivity index (χ4n) is 2.66. The smallest absolute Gasteiger partial charge is 0.230 e. The number of rotatable bonds is 4. The van der Waals surface area contributed by atoms with Gasteiger partial charge in [-0.05, 0) is 17.5 Å². The number of amides is 1. The highest BCUT2D eigenvalue weighted by molar-refractivity contribution is 5.84. The molecule has 3 atom stereocenters. The van der Waals surface area contributed by atoms with E-state index in [1.54, 1.807) is 24.3 Å². The second kappa shape index (κ2) is 6.33. The molecule has 1 fully saturated rings. The van der Waals surface area contributed by atoms with Crippen LogP contribution in [0.4, 0.5) is 0 Å². The molecule has 0 spiro atoms. The minimum atomic E-state index is -0.606. The summed E-state index contributed by atoms with van der Waals surface area (Å²) in [4.78, 5) is 18.5. The maximum absolute atomic E-state index is 12.7. The Hall–Kier alpha value is -1.46. The lowest BCUT2D eigenvalue weighted by atomic mass is 9.87. The molecule has 110 valence electrons. The summed E-state index contributed by atoms with van der Waals surface area (Å²) in [6.07, 6.45) is 2.83. The molecule has 1 amide bonds. The van der Waals surface area contributed by atoms with Gasteiger partial charge in [0.1, 0.15) is 0 Å². The molecular weight excluding hydrogens is 256 g/mol. The second-order valence-corrected chi connectivity index (χ2v) is 5.63. The predicted octanol–water partition coefficient (Wildman–Crippen LogP) is 1.04. The molecule has 0 unspecified atom stereocenters. The van der Waals surface area contributed by atoms with E-state index in [-0.39, 0.29) is 23.8 Å². The lowest BCUT2D eigenvalue weighted by Gasteiger charge is -2.31. The Labute approximate surface area is 119 Å². The summed E-state index contributed by atoms with van der Waals surface area (Å²) in [7, 11) is 1.73. The van der Waals surface area contributed by atoms with Gasteiger partial charge in [0, 0.05) is 19.4 Å². The van der Waals surface area contributed by atoms with Gasteiger partial charge in [0.25, 0.3) is 0 Å². The lowest BCUT2D eigenvalue weighted by molar-refractivity contribution is -0.136. The number of nitrogens with zero attached hydrogens (tertiary/aromatic N) is 2. The van der Waals surface area contributed by atoms with Crippen LogP contribution in [0.2, 0.25) is 0 Å². The molecule has 2 rings (SSSR count). The Balaban J connectivity index is 2.19. The predicted molar refractivity (Wildman–Crippen MR) is 75.2 cm³/mol. The quantitative estimate of drug-likeness (QED) is 0.894. The van der Waals surface area contributed by atoms with Gasteiger partial charge < -0.3 is 14.7 Å². The summed E-state index contributed by atoms with van der Waals surface area (Å²) in [6, 6.07) is 3.50. The molecule has 5 heteroatoms. The van der Waals surface area contributed by atoms with Gasteiger partial charge in [0.2, 0.25) is 5.91 Å². The van der Waals surface area contributed by atoms with Gasteiger partial charge in [-0.15, -0.1) is 0 Å². The Bertz CT molecular complexity index is 450. The molecule has 0 aliphatic carbocycles. The third kappa shape index (κ3) is 2.99. The standard InChI is InChI=1S/C15H22N2O3/c1-10(2)14(11-5-4-6-16-7-11)15(19)17(3)12-8-20-9-13(12)18/h4-7,10,12-14,18H,8-9H2,1-3H3/t12-,13-,14-/m1/s1. The molecule has 0 radical (unpaired) electrons. The SMILES string of the molecule is CC(C)[C@@H](C(=O)N(C)[C@@H]1COC[C@H]1O)c1cccnc1. The van der Waals surface area contributed by atoms with Gasteiger partial charge >= 0.3 is 0 Å². The van der Waals surface area contributed by atoms with E-state index in [1.165, 1.54) is 0 Å². The molecule has 2 heterocycles. The topological polar surface area (TPSA) is 62.7 Å². The molecule has 1 aromatic rings. The van der Waals surface area contributed by atoms with E-state index in [2.05, 4.69) is 4.98 Å². The highest BCUT2D eigenvalue weighted by Gasteiger charge is 2.36. The third-order valence-electron chi connectivity index (χ3n) is 3.84. The zero-order valence-electron chi connectivity index (χ0n) is 12.2. The van der Waals surface area contributed by atoms with E-state index in [0.717, 1.165) is 5.56 Å². The number of carbonyl (C=O) groups is 1. The molecule has 20 heavy (non-hydrogen) atoms. The van der Waals surface area contributed by atoms with Crippen molar-refractivity contribution < 1.29 is 14.6 Å². The molecule has 1 saturated heterocycles. The minimum absolute atomic E-state index is 0.00236. The van der Waals surface area contributed by atoms with Crippen LogP contribution in [0.3, 0.4) is 0 Å². The van der Waals surface area contributed by atoms with Crippen molar-refractivity contribution in [1.29, 1.82) is 0 Å². The normalized spacial score (nSPS) is 23.9. The molecule has 0 bridgehead atoms. The second-order valence-electron chi connectivity index (χ2n) is 5.63. The van der Waals surface area contributed by atoms with E-state index >= 15 is 0 Å². The maximum atomic E-state index is 12.7. The van der Waals surface area contributed by atoms with Crippen LogP contribution in [0.15, 0.2) is 24.5 Å². The van der Waals surface area contributed by atoms with Crippen LogP contribution < -0.4 is 0 Å². The van der Waals surface area contributed by atoms with E-state index in [1.807, 2.05) is 26.0 Å². The highest BCUT2D eigenvalue weighted by Crippen LogP contribution is 2.27. The Morgan fingerprint density at radius 2 is 2.25 bits per heavy atom. The van der Waals surface area contributed by atoms with Crippen molar-refractivity contribution in [3.05, 3.63) is 30.1 Å². The van der Waals surface area contributed by atoms with E-state index in [9.17, 15) is 9.90 Å². The average Bonchev–Trinajstić information content (AvgIpc) is 2.85. The maximum Gasteiger partial charge on any atom is 0.230 e. The number of likely N-dealkylation sites (N-methyl/N-ethyl adjacent to an activating group) is 1. The van der Waals surface area contributed by atoms with Crippen molar-refractivity contribution in [3.8, 4) is 0 Å². The summed E-state index contributed by atoms with van der Waals surface area (Å²) in [6.45, 7) is 4.72. The van der Waals surface area contributed by atoms with Crippen LogP contribution in [-0.4, -0.2) is 53.3 Å². The molecule has 1 aliphatic rings. The summed E-state index contributed by atoms with van der Waals surface area (Å²) in [5.41, 5.74) is 0.910. The number of hydrogen-bond donors (Lipinski definition) is 1. The fraction of sp³-hybridized carbons (Fsp3) is 0.600. The monoisotopic (exact) mass is 278 g/mol. The van der Waals surface area contributed by atoms with Crippen LogP contribution in [0.5, 0.6) is 0 Å².